The van der Waals surface area contributed by atoms with Crippen LogP contribution >= 0.6 is 0 Å². The van der Waals surface area contributed by atoms with Crippen LogP contribution in [0.3, 0.4) is 0 Å². The Morgan fingerprint density at radius 1 is 1.33 bits per heavy atom. The fraction of sp³-hybridized carbons (Fsp3) is 1.00. The molecule has 5 unspecified atom stereocenters. The van der Waals surface area contributed by atoms with Crippen molar-refractivity contribution in [1.29, 1.82) is 0 Å². The molecular weight excluding hydrogens is 192 g/mol. The van der Waals surface area contributed by atoms with Gasteiger partial charge < -0.3 is 14.6 Å². The monoisotopic (exact) mass is 214 g/mol. The van der Waals surface area contributed by atoms with E-state index in [9.17, 15) is 0 Å². The van der Waals surface area contributed by atoms with E-state index in [0.717, 1.165) is 30.3 Å². The molecule has 3 nitrogen and oxygen atoms in total. The van der Waals surface area contributed by atoms with E-state index in [0.29, 0.717) is 0 Å². The zero-order chi connectivity index (χ0) is 10.8. The maximum absolute atomic E-state index is 8.90. The Morgan fingerprint density at radius 2 is 2.07 bits per heavy atom. The number of hydrogen-bond acceptors (Lipinski definition) is 3. The minimum atomic E-state index is -0.720. The Balaban J connectivity index is 1.67. The van der Waals surface area contributed by atoms with Gasteiger partial charge in [0.15, 0.2) is 6.29 Å². The first-order chi connectivity index (χ1) is 7.18. The van der Waals surface area contributed by atoms with Gasteiger partial charge in [-0.15, -0.1) is 0 Å². The van der Waals surface area contributed by atoms with Crippen LogP contribution in [0.25, 0.3) is 0 Å². The SMILES string of the molecule is CC(O)OCOCC1C2CCC(C2)C1C. The Morgan fingerprint density at radius 3 is 2.67 bits per heavy atom. The van der Waals surface area contributed by atoms with E-state index in [-0.39, 0.29) is 6.79 Å². The van der Waals surface area contributed by atoms with Crippen molar-refractivity contribution in [2.24, 2.45) is 23.7 Å². The first-order valence-corrected chi connectivity index (χ1v) is 6.06. The highest BCUT2D eigenvalue weighted by Crippen LogP contribution is 2.51. The number of hydrogen-bond donors (Lipinski definition) is 1. The van der Waals surface area contributed by atoms with Crippen molar-refractivity contribution in [2.45, 2.75) is 39.4 Å². The second-order valence-electron chi connectivity index (χ2n) is 5.11. The lowest BCUT2D eigenvalue weighted by atomic mass is 9.81. The molecule has 15 heavy (non-hydrogen) atoms. The fourth-order valence-electron chi connectivity index (χ4n) is 3.32. The Bertz CT molecular complexity index is 203. The average Bonchev–Trinajstić information content (AvgIpc) is 2.74. The number of ether oxygens (including phenoxy) is 2. The summed E-state index contributed by atoms with van der Waals surface area (Å²) < 4.78 is 10.4. The molecule has 2 rings (SSSR count). The smallest absolute Gasteiger partial charge is 0.154 e. The van der Waals surface area contributed by atoms with E-state index < -0.39 is 6.29 Å². The van der Waals surface area contributed by atoms with Gasteiger partial charge in [0.1, 0.15) is 6.79 Å². The summed E-state index contributed by atoms with van der Waals surface area (Å²) in [4.78, 5) is 0. The van der Waals surface area contributed by atoms with E-state index in [1.807, 2.05) is 0 Å². The Kier molecular flexibility index (Phi) is 3.65. The molecule has 0 aliphatic heterocycles. The third-order valence-electron chi connectivity index (χ3n) is 4.24. The highest BCUT2D eigenvalue weighted by atomic mass is 16.7. The molecular formula is C12H22O3. The highest BCUT2D eigenvalue weighted by molar-refractivity contribution is 4.94. The summed E-state index contributed by atoms with van der Waals surface area (Å²) in [5, 5.41) is 8.90. The molecule has 2 aliphatic rings. The van der Waals surface area contributed by atoms with Gasteiger partial charge in [-0.2, -0.15) is 0 Å². The molecule has 2 fully saturated rings. The van der Waals surface area contributed by atoms with Crippen LogP contribution in [-0.4, -0.2) is 24.8 Å². The predicted molar refractivity (Wildman–Crippen MR) is 57.1 cm³/mol. The van der Waals surface area contributed by atoms with Gasteiger partial charge in [-0.3, -0.25) is 0 Å². The second-order valence-corrected chi connectivity index (χ2v) is 5.11. The third kappa shape index (κ3) is 2.52. The second kappa shape index (κ2) is 4.81. The van der Waals surface area contributed by atoms with E-state index in [4.69, 9.17) is 14.6 Å². The molecule has 1 N–H and O–H groups in total. The van der Waals surface area contributed by atoms with Crippen LogP contribution in [-0.2, 0) is 9.47 Å². The molecule has 0 aromatic heterocycles. The number of fused-ring (bicyclic) bond motifs is 2. The van der Waals surface area contributed by atoms with Crippen LogP contribution in [0.1, 0.15) is 33.1 Å². The minimum absolute atomic E-state index is 0.221. The summed E-state index contributed by atoms with van der Waals surface area (Å²) in [5.41, 5.74) is 0. The minimum Gasteiger partial charge on any atom is -0.368 e. The number of aliphatic hydroxyl groups excluding tert-OH is 1. The van der Waals surface area contributed by atoms with Gasteiger partial charge in [0, 0.05) is 0 Å². The van der Waals surface area contributed by atoms with Gasteiger partial charge in [-0.25, -0.2) is 0 Å². The predicted octanol–water partition coefficient (Wildman–Crippen LogP) is 2.00. The molecule has 0 heterocycles. The molecule has 88 valence electrons. The van der Waals surface area contributed by atoms with Gasteiger partial charge in [-0.05, 0) is 49.9 Å². The van der Waals surface area contributed by atoms with Crippen LogP contribution in [0, 0.1) is 23.7 Å². The van der Waals surface area contributed by atoms with Crippen LogP contribution in [0.4, 0.5) is 0 Å². The number of aliphatic hydroxyl groups is 1. The lowest BCUT2D eigenvalue weighted by Gasteiger charge is -2.27. The Hall–Kier alpha value is -0.120. The molecule has 0 radical (unpaired) electrons. The van der Waals surface area contributed by atoms with Gasteiger partial charge >= 0.3 is 0 Å². The average molecular weight is 214 g/mol. The van der Waals surface area contributed by atoms with Crippen molar-refractivity contribution < 1.29 is 14.6 Å². The molecule has 2 bridgehead atoms. The summed E-state index contributed by atoms with van der Waals surface area (Å²) in [7, 11) is 0. The lowest BCUT2D eigenvalue weighted by Crippen LogP contribution is -2.25. The van der Waals surface area contributed by atoms with Crippen molar-refractivity contribution >= 4 is 0 Å². The van der Waals surface area contributed by atoms with Crippen LogP contribution in [0.15, 0.2) is 0 Å². The summed E-state index contributed by atoms with van der Waals surface area (Å²) >= 11 is 0. The number of rotatable bonds is 5. The van der Waals surface area contributed by atoms with Crippen molar-refractivity contribution in [3.63, 3.8) is 0 Å². The molecule has 2 saturated carbocycles. The molecule has 0 saturated heterocycles. The maximum Gasteiger partial charge on any atom is 0.154 e. The Labute approximate surface area is 91.8 Å². The normalized spacial score (nSPS) is 41.0. The highest BCUT2D eigenvalue weighted by Gasteiger charge is 2.44. The quantitative estimate of drug-likeness (QED) is 0.562. The summed E-state index contributed by atoms with van der Waals surface area (Å²) in [5.74, 6) is 3.37. The van der Waals surface area contributed by atoms with Crippen molar-refractivity contribution in [3.05, 3.63) is 0 Å². The zero-order valence-electron chi connectivity index (χ0n) is 9.69. The van der Waals surface area contributed by atoms with E-state index in [2.05, 4.69) is 6.92 Å². The van der Waals surface area contributed by atoms with Gasteiger partial charge in [0.2, 0.25) is 0 Å². The molecule has 0 spiro atoms. The molecule has 2 aliphatic carbocycles. The first-order valence-electron chi connectivity index (χ1n) is 6.06. The zero-order valence-corrected chi connectivity index (χ0v) is 9.69. The summed E-state index contributed by atoms with van der Waals surface area (Å²) in [6.07, 6.45) is 3.50. The van der Waals surface area contributed by atoms with Gasteiger partial charge in [0.05, 0.1) is 6.61 Å². The third-order valence-corrected chi connectivity index (χ3v) is 4.24. The van der Waals surface area contributed by atoms with E-state index >= 15 is 0 Å². The largest absolute Gasteiger partial charge is 0.368 e. The topological polar surface area (TPSA) is 38.7 Å². The lowest BCUT2D eigenvalue weighted by molar-refractivity contribution is -0.167. The molecule has 5 atom stereocenters. The van der Waals surface area contributed by atoms with E-state index in [1.165, 1.54) is 19.3 Å². The van der Waals surface area contributed by atoms with Gasteiger partial charge in [0.25, 0.3) is 0 Å². The van der Waals surface area contributed by atoms with Crippen molar-refractivity contribution in [1.82, 2.24) is 0 Å². The molecule has 0 aromatic rings. The summed E-state index contributed by atoms with van der Waals surface area (Å²) in [6.45, 7) is 4.98. The standard InChI is InChI=1S/C12H22O3/c1-8-10-3-4-11(5-10)12(8)6-14-7-15-9(2)13/h8-13H,3-7H2,1-2H3. The molecule has 0 amide bonds. The van der Waals surface area contributed by atoms with Crippen LogP contribution < -0.4 is 0 Å². The molecule has 0 aromatic carbocycles. The van der Waals surface area contributed by atoms with E-state index in [1.54, 1.807) is 6.92 Å². The van der Waals surface area contributed by atoms with Crippen molar-refractivity contribution in [2.75, 3.05) is 13.4 Å². The molecule has 3 heteroatoms. The fourth-order valence-corrected chi connectivity index (χ4v) is 3.32. The van der Waals surface area contributed by atoms with Crippen LogP contribution in [0.5, 0.6) is 0 Å². The maximum atomic E-state index is 8.90. The first kappa shape index (κ1) is 11.4. The van der Waals surface area contributed by atoms with Gasteiger partial charge in [-0.1, -0.05) is 6.92 Å². The summed E-state index contributed by atoms with van der Waals surface area (Å²) in [6, 6.07) is 0. The van der Waals surface area contributed by atoms with Crippen LogP contribution in [0.2, 0.25) is 0 Å². The van der Waals surface area contributed by atoms with Crippen molar-refractivity contribution in [3.8, 4) is 0 Å².